The number of hydrogen-bond donors (Lipinski definition) is 2. The normalized spacial score (nSPS) is 19.5. The molecule has 0 unspecified atom stereocenters. The standard InChI is InChI=1S/C42H47ClF3N9O5/c1-60-35-25-32-28(23-33(35)48-38(57)31-3-2-4-36(47-31)42(44,45)46)26-55(50-32)29-7-14-51(15-8-29)21-22-52-17-10-41(11-18-52)12-19-53(20-13-41)39(58)27-5-6-30(43)34(24-27)54-16-9-37(56)49-40(54)59/h2-6,23-26,29H,7-22H2,1H3,(H,48,57)(H,49,56,59). The lowest BCUT2D eigenvalue weighted by atomic mass is 9.71. The fourth-order valence-corrected chi connectivity index (χ4v) is 9.10. The molecular weight excluding hydrogens is 803 g/mol. The van der Waals surface area contributed by atoms with Gasteiger partial charge in [0.25, 0.3) is 11.8 Å². The molecule has 6 heterocycles. The first-order valence-corrected chi connectivity index (χ1v) is 20.7. The van der Waals surface area contributed by atoms with Gasteiger partial charge in [0.15, 0.2) is 0 Å². The van der Waals surface area contributed by atoms with E-state index in [1.807, 2.05) is 15.8 Å². The molecule has 14 nitrogen and oxygen atoms in total. The molecule has 5 amide bonds. The van der Waals surface area contributed by atoms with E-state index in [2.05, 4.69) is 25.4 Å². The van der Waals surface area contributed by atoms with Crippen LogP contribution in [-0.4, -0.2) is 119 Å². The predicted molar refractivity (Wildman–Crippen MR) is 218 cm³/mol. The van der Waals surface area contributed by atoms with Gasteiger partial charge in [-0.15, -0.1) is 0 Å². The number of anilines is 2. The van der Waals surface area contributed by atoms with Gasteiger partial charge in [0.1, 0.15) is 17.1 Å². The largest absolute Gasteiger partial charge is 0.494 e. The van der Waals surface area contributed by atoms with E-state index < -0.39 is 23.8 Å². The van der Waals surface area contributed by atoms with Gasteiger partial charge < -0.3 is 24.8 Å². The third-order valence-electron chi connectivity index (χ3n) is 12.6. The summed E-state index contributed by atoms with van der Waals surface area (Å²) >= 11 is 6.41. The van der Waals surface area contributed by atoms with Crippen molar-refractivity contribution in [2.24, 2.45) is 5.41 Å². The van der Waals surface area contributed by atoms with Crippen molar-refractivity contribution in [2.45, 2.75) is 57.2 Å². The number of nitrogens with one attached hydrogen (secondary N) is 2. The number of ether oxygens (including phenoxy) is 1. The number of benzene rings is 2. The zero-order valence-corrected chi connectivity index (χ0v) is 34.0. The number of imide groups is 1. The minimum atomic E-state index is -4.67. The number of pyridine rings is 1. The molecule has 4 saturated heterocycles. The molecule has 0 atom stereocenters. The molecule has 4 aromatic rings. The summed E-state index contributed by atoms with van der Waals surface area (Å²) in [6, 6.07) is 11.3. The van der Waals surface area contributed by atoms with Crippen molar-refractivity contribution in [2.75, 3.05) is 76.2 Å². The van der Waals surface area contributed by atoms with Crippen LogP contribution < -0.4 is 20.3 Å². The van der Waals surface area contributed by atoms with Crippen LogP contribution in [0.25, 0.3) is 10.9 Å². The number of alkyl halides is 3. The van der Waals surface area contributed by atoms with Gasteiger partial charge in [0.2, 0.25) is 5.91 Å². The first kappa shape index (κ1) is 41.5. The summed E-state index contributed by atoms with van der Waals surface area (Å²) in [6.45, 7) is 7.52. The van der Waals surface area contributed by atoms with Crippen molar-refractivity contribution in [3.05, 3.63) is 76.7 Å². The topological polar surface area (TPSA) is 145 Å². The molecule has 4 aliphatic rings. The molecule has 1 spiro atoms. The predicted octanol–water partition coefficient (Wildman–Crippen LogP) is 6.47. The summed E-state index contributed by atoms with van der Waals surface area (Å²) in [5, 5.41) is 10.9. The lowest BCUT2D eigenvalue weighted by molar-refractivity contribution is -0.141. The molecule has 2 aromatic carbocycles. The highest BCUT2D eigenvalue weighted by molar-refractivity contribution is 6.34. The molecule has 0 saturated carbocycles. The minimum Gasteiger partial charge on any atom is -0.494 e. The van der Waals surface area contributed by atoms with Gasteiger partial charge in [-0.1, -0.05) is 17.7 Å². The number of urea groups is 1. The number of hydrogen-bond acceptors (Lipinski definition) is 9. The van der Waals surface area contributed by atoms with E-state index in [0.717, 1.165) is 95.3 Å². The van der Waals surface area contributed by atoms with Crippen LogP contribution in [0.3, 0.4) is 0 Å². The van der Waals surface area contributed by atoms with Gasteiger partial charge in [-0.2, -0.15) is 18.3 Å². The number of amides is 5. The van der Waals surface area contributed by atoms with Crippen LogP contribution in [0.5, 0.6) is 5.75 Å². The molecule has 4 aliphatic heterocycles. The summed E-state index contributed by atoms with van der Waals surface area (Å²) < 4.78 is 47.0. The van der Waals surface area contributed by atoms with Crippen molar-refractivity contribution in [3.63, 3.8) is 0 Å². The Hall–Kier alpha value is -5.26. The van der Waals surface area contributed by atoms with Crippen LogP contribution in [0.15, 0.2) is 54.7 Å². The number of halogens is 4. The maximum atomic E-state index is 13.6. The van der Waals surface area contributed by atoms with Crippen LogP contribution in [-0.2, 0) is 11.0 Å². The van der Waals surface area contributed by atoms with Crippen molar-refractivity contribution in [1.82, 2.24) is 34.8 Å². The van der Waals surface area contributed by atoms with E-state index in [9.17, 15) is 32.3 Å². The Morgan fingerprint density at radius 3 is 2.32 bits per heavy atom. The molecule has 4 fully saturated rings. The summed E-state index contributed by atoms with van der Waals surface area (Å²) in [7, 11) is 1.45. The average molecular weight is 850 g/mol. The van der Waals surface area contributed by atoms with E-state index in [4.69, 9.17) is 21.4 Å². The van der Waals surface area contributed by atoms with Gasteiger partial charge in [0, 0.05) is 75.4 Å². The smallest absolute Gasteiger partial charge is 0.433 e. The third kappa shape index (κ3) is 8.93. The van der Waals surface area contributed by atoms with E-state index in [1.54, 1.807) is 30.3 Å². The zero-order valence-electron chi connectivity index (χ0n) is 33.3. The number of fused-ring (bicyclic) bond motifs is 1. The van der Waals surface area contributed by atoms with E-state index in [1.165, 1.54) is 18.1 Å². The Morgan fingerprint density at radius 1 is 0.933 bits per heavy atom. The quantitative estimate of drug-likeness (QED) is 0.194. The van der Waals surface area contributed by atoms with Crippen molar-refractivity contribution in [3.8, 4) is 5.75 Å². The SMILES string of the molecule is COc1cc2nn(C3CCN(CCN4CCC5(CC4)CCN(C(=O)c4ccc(Cl)c(N6CCC(=O)NC6=O)c4)CC5)CC3)cc2cc1NC(=O)c1cccc(C(F)(F)F)n1. The first-order valence-electron chi connectivity index (χ1n) is 20.3. The molecule has 2 N–H and O–H groups in total. The van der Waals surface area contributed by atoms with Crippen LogP contribution in [0.1, 0.15) is 77.5 Å². The van der Waals surface area contributed by atoms with Gasteiger partial charge in [-0.3, -0.25) is 29.3 Å². The number of carbonyl (C=O) groups excluding carboxylic acids is 4. The highest BCUT2D eigenvalue weighted by Crippen LogP contribution is 2.42. The van der Waals surface area contributed by atoms with Crippen LogP contribution >= 0.6 is 11.6 Å². The highest BCUT2D eigenvalue weighted by Gasteiger charge is 2.39. The molecule has 18 heteroatoms. The molecule has 60 heavy (non-hydrogen) atoms. The van der Waals surface area contributed by atoms with Gasteiger partial charge in [0.05, 0.1) is 35.1 Å². The lowest BCUT2D eigenvalue weighted by Crippen LogP contribution is -2.50. The minimum absolute atomic E-state index is 0.0777. The van der Waals surface area contributed by atoms with Crippen LogP contribution in [0.2, 0.25) is 5.02 Å². The van der Waals surface area contributed by atoms with E-state index >= 15 is 0 Å². The lowest BCUT2D eigenvalue weighted by Gasteiger charge is -2.47. The molecule has 0 bridgehead atoms. The molecule has 8 rings (SSSR count). The zero-order chi connectivity index (χ0) is 42.2. The second kappa shape index (κ2) is 17.0. The number of carbonyl (C=O) groups is 4. The summed E-state index contributed by atoms with van der Waals surface area (Å²) in [4.78, 5) is 62.4. The Balaban J connectivity index is 0.786. The van der Waals surface area contributed by atoms with Gasteiger partial charge in [-0.05, 0) is 93.4 Å². The monoisotopic (exact) mass is 849 g/mol. The Bertz CT molecular complexity index is 2280. The van der Waals surface area contributed by atoms with Gasteiger partial charge >= 0.3 is 12.2 Å². The van der Waals surface area contributed by atoms with Crippen molar-refractivity contribution >= 4 is 57.6 Å². The van der Waals surface area contributed by atoms with Crippen LogP contribution in [0, 0.1) is 5.41 Å². The Labute approximate surface area is 349 Å². The van der Waals surface area contributed by atoms with E-state index in [-0.39, 0.29) is 41.9 Å². The van der Waals surface area contributed by atoms with Crippen molar-refractivity contribution < 1.29 is 37.1 Å². The number of piperidine rings is 3. The highest BCUT2D eigenvalue weighted by atomic mass is 35.5. The summed E-state index contributed by atoms with van der Waals surface area (Å²) in [5.74, 6) is -0.853. The molecule has 0 aliphatic carbocycles. The molecule has 318 valence electrons. The Morgan fingerprint density at radius 2 is 1.63 bits per heavy atom. The number of aromatic nitrogens is 3. The van der Waals surface area contributed by atoms with E-state index in [0.29, 0.717) is 46.3 Å². The van der Waals surface area contributed by atoms with Crippen molar-refractivity contribution in [1.29, 1.82) is 0 Å². The van der Waals surface area contributed by atoms with Crippen LogP contribution in [0.4, 0.5) is 29.3 Å². The number of rotatable bonds is 9. The molecule has 0 radical (unpaired) electrons. The second-order valence-corrected chi connectivity index (χ2v) is 16.6. The second-order valence-electron chi connectivity index (χ2n) is 16.2. The fraction of sp³-hybridized carbons (Fsp3) is 0.476. The summed E-state index contributed by atoms with van der Waals surface area (Å²) in [6.07, 6.45) is 3.43. The summed E-state index contributed by atoms with van der Waals surface area (Å²) in [5.41, 5.74) is 0.631. The fourth-order valence-electron chi connectivity index (χ4n) is 8.89. The average Bonchev–Trinajstić information content (AvgIpc) is 3.66. The first-order chi connectivity index (χ1) is 28.8. The molecule has 2 aromatic heterocycles. The maximum absolute atomic E-state index is 13.6. The number of nitrogens with zero attached hydrogens (tertiary/aromatic N) is 7. The number of likely N-dealkylation sites (tertiary alicyclic amines) is 3. The molecular formula is C42H47ClF3N9O5. The number of methoxy groups -OCH3 is 1. The Kier molecular flexibility index (Phi) is 11.8. The van der Waals surface area contributed by atoms with Gasteiger partial charge in [-0.25, -0.2) is 9.78 Å². The third-order valence-corrected chi connectivity index (χ3v) is 12.9. The maximum Gasteiger partial charge on any atom is 0.433 e.